The number of aliphatic hydroxyl groups is 1. The van der Waals surface area contributed by atoms with Crippen LogP contribution in [0.15, 0.2) is 30.5 Å². The molecule has 4 atom stereocenters. The number of hydrogen-bond acceptors (Lipinski definition) is 6. The molecule has 0 fully saturated rings. The molecule has 11 heteroatoms. The minimum Gasteiger partial charge on any atom is -0.480 e. The molecule has 0 saturated carbocycles. The normalized spacial score (nSPS) is 14.7. The zero-order chi connectivity index (χ0) is 24.5. The maximum Gasteiger partial charge on any atom is 0.326 e. The summed E-state index contributed by atoms with van der Waals surface area (Å²) in [7, 11) is 0. The average molecular weight is 462 g/mol. The van der Waals surface area contributed by atoms with Crippen LogP contribution >= 0.6 is 0 Å². The van der Waals surface area contributed by atoms with Gasteiger partial charge in [0.1, 0.15) is 12.1 Å². The van der Waals surface area contributed by atoms with E-state index in [-0.39, 0.29) is 12.3 Å². The van der Waals surface area contributed by atoms with Crippen LogP contribution in [-0.2, 0) is 25.6 Å². The highest BCUT2D eigenvalue weighted by Crippen LogP contribution is 2.18. The zero-order valence-corrected chi connectivity index (χ0v) is 18.6. The third-order valence-corrected chi connectivity index (χ3v) is 5.49. The number of benzene rings is 1. The molecule has 180 valence electrons. The predicted molar refractivity (Wildman–Crippen MR) is 121 cm³/mol. The first kappa shape index (κ1) is 25.8. The van der Waals surface area contributed by atoms with Crippen molar-refractivity contribution in [3.63, 3.8) is 0 Å². The van der Waals surface area contributed by atoms with E-state index in [1.54, 1.807) is 20.0 Å². The lowest BCUT2D eigenvalue weighted by Gasteiger charge is -2.21. The van der Waals surface area contributed by atoms with Gasteiger partial charge in [-0.15, -0.1) is 0 Å². The number of fused-ring (bicyclic) bond motifs is 1. The predicted octanol–water partition coefficient (Wildman–Crippen LogP) is -0.753. The molecule has 2 rings (SSSR count). The molecule has 0 bridgehead atoms. The summed E-state index contributed by atoms with van der Waals surface area (Å²) in [5, 5.41) is 26.7. The molecule has 33 heavy (non-hydrogen) atoms. The minimum absolute atomic E-state index is 0.213. The van der Waals surface area contributed by atoms with E-state index < -0.39 is 55.0 Å². The number of para-hydroxylation sites is 1. The molecular weight excluding hydrogens is 430 g/mol. The van der Waals surface area contributed by atoms with Crippen LogP contribution in [0.25, 0.3) is 10.9 Å². The highest BCUT2D eigenvalue weighted by Gasteiger charge is 2.27. The summed E-state index contributed by atoms with van der Waals surface area (Å²) in [6, 6.07) is 4.17. The number of rotatable bonds is 12. The summed E-state index contributed by atoms with van der Waals surface area (Å²) in [6.45, 7) is 2.28. The first-order chi connectivity index (χ1) is 15.7. The van der Waals surface area contributed by atoms with E-state index in [4.69, 9.17) is 5.73 Å². The molecule has 4 unspecified atom stereocenters. The molecule has 11 nitrogen and oxygen atoms in total. The van der Waals surface area contributed by atoms with Crippen LogP contribution < -0.4 is 21.7 Å². The number of aliphatic hydroxyl groups excluding tert-OH is 1. The van der Waals surface area contributed by atoms with Gasteiger partial charge in [-0.1, -0.05) is 38.5 Å². The van der Waals surface area contributed by atoms with E-state index >= 15 is 0 Å². The van der Waals surface area contributed by atoms with Gasteiger partial charge in [-0.05, 0) is 24.0 Å². The Morgan fingerprint density at radius 2 is 1.82 bits per heavy atom. The largest absolute Gasteiger partial charge is 0.480 e. The van der Waals surface area contributed by atoms with Crippen LogP contribution in [0, 0.1) is 5.92 Å². The van der Waals surface area contributed by atoms with Crippen molar-refractivity contribution in [2.24, 2.45) is 11.7 Å². The summed E-state index contributed by atoms with van der Waals surface area (Å²) < 4.78 is 0. The molecule has 1 heterocycles. The number of carbonyl (C=O) groups excluding carboxylic acids is 3. The van der Waals surface area contributed by atoms with Crippen LogP contribution in [0.5, 0.6) is 0 Å². The van der Waals surface area contributed by atoms with Crippen molar-refractivity contribution in [1.82, 2.24) is 20.9 Å². The second-order valence-electron chi connectivity index (χ2n) is 7.90. The van der Waals surface area contributed by atoms with Gasteiger partial charge < -0.3 is 36.9 Å². The zero-order valence-electron chi connectivity index (χ0n) is 18.6. The molecule has 8 N–H and O–H groups in total. The van der Waals surface area contributed by atoms with E-state index in [0.29, 0.717) is 6.42 Å². The Hall–Kier alpha value is -3.44. The molecule has 0 spiro atoms. The monoisotopic (exact) mass is 461 g/mol. The molecular formula is C22H31N5O6. The lowest BCUT2D eigenvalue weighted by Crippen LogP contribution is -2.55. The number of H-pyrrole nitrogens is 1. The van der Waals surface area contributed by atoms with Gasteiger partial charge in [0.2, 0.25) is 17.7 Å². The van der Waals surface area contributed by atoms with Crippen LogP contribution in [-0.4, -0.2) is 70.2 Å². The number of nitrogens with two attached hydrogens (primary N) is 1. The fourth-order valence-electron chi connectivity index (χ4n) is 3.30. The van der Waals surface area contributed by atoms with Crippen LogP contribution in [0.1, 0.15) is 25.8 Å². The summed E-state index contributed by atoms with van der Waals surface area (Å²) >= 11 is 0. The van der Waals surface area contributed by atoms with Gasteiger partial charge in [0, 0.05) is 17.1 Å². The Kier molecular flexibility index (Phi) is 9.37. The third-order valence-electron chi connectivity index (χ3n) is 5.49. The first-order valence-electron chi connectivity index (χ1n) is 10.7. The number of aromatic nitrogens is 1. The molecule has 0 radical (unpaired) electrons. The van der Waals surface area contributed by atoms with Crippen molar-refractivity contribution >= 4 is 34.6 Å². The first-order valence-corrected chi connectivity index (χ1v) is 10.7. The average Bonchev–Trinajstić information content (AvgIpc) is 3.21. The Morgan fingerprint density at radius 1 is 1.12 bits per heavy atom. The number of carboxylic acids is 1. The lowest BCUT2D eigenvalue weighted by molar-refractivity contribution is -0.143. The number of carbonyl (C=O) groups is 4. The van der Waals surface area contributed by atoms with Gasteiger partial charge in [-0.3, -0.25) is 14.4 Å². The standard InChI is InChI=1S/C22H31N5O6/c1-3-12(2)19(22(32)33)27-18(29)10-25-21(31)17(11-28)26-20(30)15(23)8-13-9-24-16-7-5-4-6-14(13)16/h4-7,9,12,15,17,19,24,28H,3,8,10-11,23H2,1-2H3,(H,25,31)(H,26,30)(H,27,29)(H,32,33). The minimum atomic E-state index is -1.32. The second-order valence-corrected chi connectivity index (χ2v) is 7.90. The SMILES string of the molecule is CCC(C)C(NC(=O)CNC(=O)C(CO)NC(=O)C(N)Cc1c[nH]c2ccccc12)C(=O)O. The quantitative estimate of drug-likeness (QED) is 0.216. The fraction of sp³-hybridized carbons (Fsp3) is 0.455. The Morgan fingerprint density at radius 3 is 2.45 bits per heavy atom. The lowest BCUT2D eigenvalue weighted by atomic mass is 9.99. The Labute approximate surface area is 191 Å². The Bertz CT molecular complexity index is 991. The summed E-state index contributed by atoms with van der Waals surface area (Å²) in [6.07, 6.45) is 2.52. The maximum absolute atomic E-state index is 12.5. The van der Waals surface area contributed by atoms with Crippen LogP contribution in [0.4, 0.5) is 0 Å². The summed E-state index contributed by atoms with van der Waals surface area (Å²) in [5.74, 6) is -3.61. The van der Waals surface area contributed by atoms with Crippen molar-refractivity contribution < 1.29 is 29.4 Å². The highest BCUT2D eigenvalue weighted by atomic mass is 16.4. The van der Waals surface area contributed by atoms with Gasteiger partial charge in [0.05, 0.1) is 19.2 Å². The van der Waals surface area contributed by atoms with E-state index in [0.717, 1.165) is 16.5 Å². The van der Waals surface area contributed by atoms with Crippen molar-refractivity contribution in [1.29, 1.82) is 0 Å². The number of carboxylic acid groups (broad SMARTS) is 1. The molecule has 0 saturated heterocycles. The number of aliphatic carboxylic acids is 1. The van der Waals surface area contributed by atoms with E-state index in [9.17, 15) is 29.4 Å². The summed E-state index contributed by atoms with van der Waals surface area (Å²) in [4.78, 5) is 51.2. The molecule has 3 amide bonds. The molecule has 1 aromatic carbocycles. The van der Waals surface area contributed by atoms with Crippen molar-refractivity contribution in [3.05, 3.63) is 36.0 Å². The molecule has 0 aliphatic rings. The molecule has 0 aliphatic carbocycles. The van der Waals surface area contributed by atoms with Crippen molar-refractivity contribution in [3.8, 4) is 0 Å². The summed E-state index contributed by atoms with van der Waals surface area (Å²) in [5.41, 5.74) is 7.73. The number of amides is 3. The highest BCUT2D eigenvalue weighted by molar-refractivity contribution is 5.93. The van der Waals surface area contributed by atoms with Crippen molar-refractivity contribution in [2.45, 2.75) is 44.8 Å². The van der Waals surface area contributed by atoms with Crippen LogP contribution in [0.3, 0.4) is 0 Å². The molecule has 2 aromatic rings. The van der Waals surface area contributed by atoms with E-state index in [2.05, 4.69) is 20.9 Å². The van der Waals surface area contributed by atoms with E-state index in [1.165, 1.54) is 0 Å². The van der Waals surface area contributed by atoms with Gasteiger partial charge in [0.15, 0.2) is 0 Å². The number of aromatic amines is 1. The maximum atomic E-state index is 12.5. The molecule has 1 aromatic heterocycles. The Balaban J connectivity index is 1.88. The smallest absolute Gasteiger partial charge is 0.326 e. The number of hydrogen-bond donors (Lipinski definition) is 7. The van der Waals surface area contributed by atoms with Gasteiger partial charge >= 0.3 is 5.97 Å². The number of nitrogens with one attached hydrogen (secondary N) is 4. The second kappa shape index (κ2) is 12.0. The fourth-order valence-corrected chi connectivity index (χ4v) is 3.30. The van der Waals surface area contributed by atoms with Gasteiger partial charge in [-0.2, -0.15) is 0 Å². The van der Waals surface area contributed by atoms with Gasteiger partial charge in [-0.25, -0.2) is 4.79 Å². The topological polar surface area (TPSA) is 187 Å². The third kappa shape index (κ3) is 7.02. The van der Waals surface area contributed by atoms with Crippen molar-refractivity contribution in [2.75, 3.05) is 13.2 Å². The van der Waals surface area contributed by atoms with Gasteiger partial charge in [0.25, 0.3) is 0 Å². The molecule has 0 aliphatic heterocycles. The van der Waals surface area contributed by atoms with E-state index in [1.807, 2.05) is 24.3 Å². The van der Waals surface area contributed by atoms with Crippen LogP contribution in [0.2, 0.25) is 0 Å².